The normalized spacial score (nSPS) is 12.7. The van der Waals surface area contributed by atoms with E-state index < -0.39 is 27.1 Å². The summed E-state index contributed by atoms with van der Waals surface area (Å²) in [6, 6.07) is 4.58. The molecule has 0 aliphatic rings. The maximum absolute atomic E-state index is 12.9. The molecule has 1 aromatic heterocycles. The minimum Gasteiger partial charge on any atom is -0.428 e. The number of hydrogen-bond acceptors (Lipinski definition) is 4. The van der Waals surface area contributed by atoms with Gasteiger partial charge in [-0.1, -0.05) is 40.9 Å². The SMILES string of the molecule is O=c1n(-c2cccc(OC(F)(F)C(F)F)c2)cnn1SC(Cl)(Cl)Cl. The highest BCUT2D eigenvalue weighted by molar-refractivity contribution is 8.03. The van der Waals surface area contributed by atoms with Gasteiger partial charge in [0.2, 0.25) is 0 Å². The zero-order valence-corrected chi connectivity index (χ0v) is 14.3. The average molecular weight is 427 g/mol. The van der Waals surface area contributed by atoms with Crippen LogP contribution >= 0.6 is 46.8 Å². The molecule has 0 amide bonds. The second-order valence-corrected chi connectivity index (χ2v) is 8.25. The molecule has 5 nitrogen and oxygen atoms in total. The third-order valence-corrected chi connectivity index (χ3v) is 3.69. The Morgan fingerprint density at radius 2 is 1.92 bits per heavy atom. The summed E-state index contributed by atoms with van der Waals surface area (Å²) in [5, 5.41) is 3.68. The molecule has 0 unspecified atom stereocenters. The Labute approximate surface area is 151 Å². The minimum absolute atomic E-state index is 0.0405. The lowest BCUT2D eigenvalue weighted by molar-refractivity contribution is -0.253. The summed E-state index contributed by atoms with van der Waals surface area (Å²) in [6.45, 7) is 0. The van der Waals surface area contributed by atoms with Crippen molar-refractivity contribution in [1.82, 2.24) is 13.8 Å². The lowest BCUT2D eigenvalue weighted by atomic mass is 10.3. The van der Waals surface area contributed by atoms with E-state index in [4.69, 9.17) is 34.8 Å². The molecular weight excluding hydrogens is 421 g/mol. The standard InChI is InChI=1S/C11H6Cl3F4N3O2S/c12-11(13,14)24-21-9(22)20(5-19-21)6-2-1-3-7(4-6)23-10(17,18)8(15)16/h1-5,8H. The number of halogens is 7. The van der Waals surface area contributed by atoms with E-state index in [1.807, 2.05) is 0 Å². The Morgan fingerprint density at radius 1 is 1.25 bits per heavy atom. The predicted molar refractivity (Wildman–Crippen MR) is 82.7 cm³/mol. The molecule has 0 aliphatic carbocycles. The molecule has 2 aromatic rings. The van der Waals surface area contributed by atoms with Gasteiger partial charge in [0.05, 0.1) is 5.69 Å². The second kappa shape index (κ2) is 7.03. The van der Waals surface area contributed by atoms with Crippen LogP contribution in [0, 0.1) is 0 Å². The molecule has 24 heavy (non-hydrogen) atoms. The molecule has 0 bridgehead atoms. The van der Waals surface area contributed by atoms with Gasteiger partial charge < -0.3 is 4.74 Å². The molecule has 0 saturated heterocycles. The van der Waals surface area contributed by atoms with Gasteiger partial charge in [-0.25, -0.2) is 9.36 Å². The van der Waals surface area contributed by atoms with E-state index in [0.29, 0.717) is 11.9 Å². The van der Waals surface area contributed by atoms with Crippen molar-refractivity contribution in [2.75, 3.05) is 0 Å². The number of aromatic nitrogens is 3. The van der Waals surface area contributed by atoms with Crippen LogP contribution in [0.1, 0.15) is 0 Å². The Balaban J connectivity index is 2.31. The van der Waals surface area contributed by atoms with Gasteiger partial charge in [0.25, 0.3) is 3.12 Å². The molecule has 1 heterocycles. The van der Waals surface area contributed by atoms with Gasteiger partial charge in [0.1, 0.15) is 12.1 Å². The third-order valence-electron chi connectivity index (χ3n) is 2.44. The summed E-state index contributed by atoms with van der Waals surface area (Å²) >= 11 is 17.1. The van der Waals surface area contributed by atoms with Crippen LogP contribution in [0.3, 0.4) is 0 Å². The number of rotatable bonds is 5. The van der Waals surface area contributed by atoms with Crippen molar-refractivity contribution in [1.29, 1.82) is 0 Å². The van der Waals surface area contributed by atoms with E-state index >= 15 is 0 Å². The highest BCUT2D eigenvalue weighted by Gasteiger charge is 2.44. The number of hydrogen-bond donors (Lipinski definition) is 0. The average Bonchev–Trinajstić information content (AvgIpc) is 2.78. The lowest BCUT2D eigenvalue weighted by Gasteiger charge is -2.17. The van der Waals surface area contributed by atoms with Crippen LogP contribution in [-0.4, -0.2) is 29.4 Å². The number of nitrogens with zero attached hydrogens (tertiary/aromatic N) is 3. The lowest BCUT2D eigenvalue weighted by Crippen LogP contribution is -2.33. The van der Waals surface area contributed by atoms with Crippen LogP contribution in [0.15, 0.2) is 35.4 Å². The highest BCUT2D eigenvalue weighted by atomic mass is 35.6. The molecule has 0 saturated carbocycles. The summed E-state index contributed by atoms with van der Waals surface area (Å²) in [5.74, 6) is -0.563. The van der Waals surface area contributed by atoms with Gasteiger partial charge in [-0.3, -0.25) is 0 Å². The van der Waals surface area contributed by atoms with Crippen molar-refractivity contribution in [2.24, 2.45) is 0 Å². The molecule has 0 atom stereocenters. The fraction of sp³-hybridized carbons (Fsp3) is 0.273. The van der Waals surface area contributed by atoms with Gasteiger partial charge in [-0.2, -0.15) is 17.6 Å². The van der Waals surface area contributed by atoms with Crippen molar-refractivity contribution in [3.8, 4) is 11.4 Å². The summed E-state index contributed by atoms with van der Waals surface area (Å²) in [5.41, 5.74) is -0.720. The quantitative estimate of drug-likeness (QED) is 0.534. The Bertz CT molecular complexity index is 778. The van der Waals surface area contributed by atoms with Crippen LogP contribution in [0.25, 0.3) is 5.69 Å². The van der Waals surface area contributed by atoms with Crippen molar-refractivity contribution in [3.63, 3.8) is 0 Å². The maximum atomic E-state index is 12.9. The third kappa shape index (κ3) is 4.71. The Hall–Kier alpha value is -1.10. The van der Waals surface area contributed by atoms with Crippen molar-refractivity contribution >= 4 is 46.8 Å². The first-order chi connectivity index (χ1) is 11.0. The van der Waals surface area contributed by atoms with Crippen molar-refractivity contribution in [2.45, 2.75) is 15.7 Å². The molecule has 0 N–H and O–H groups in total. The van der Waals surface area contributed by atoms with Crippen LogP contribution in [0.2, 0.25) is 0 Å². The van der Waals surface area contributed by atoms with Gasteiger partial charge >= 0.3 is 18.2 Å². The van der Waals surface area contributed by atoms with E-state index in [1.54, 1.807) is 0 Å². The van der Waals surface area contributed by atoms with Crippen molar-refractivity contribution in [3.05, 3.63) is 41.1 Å². The molecular formula is C11H6Cl3F4N3O2S. The zero-order valence-electron chi connectivity index (χ0n) is 11.2. The molecule has 0 aliphatic heterocycles. The second-order valence-electron chi connectivity index (χ2n) is 4.16. The Morgan fingerprint density at radius 3 is 2.50 bits per heavy atom. The maximum Gasteiger partial charge on any atom is 0.461 e. The topological polar surface area (TPSA) is 49.1 Å². The summed E-state index contributed by atoms with van der Waals surface area (Å²) in [7, 11) is 0. The monoisotopic (exact) mass is 425 g/mol. The number of ether oxygens (including phenoxy) is 1. The summed E-state index contributed by atoms with van der Waals surface area (Å²) in [6.07, 6.45) is -7.64. The fourth-order valence-corrected chi connectivity index (χ4v) is 2.57. The van der Waals surface area contributed by atoms with E-state index in [0.717, 1.165) is 27.1 Å². The molecule has 1 aromatic carbocycles. The first-order valence-corrected chi connectivity index (χ1v) is 7.78. The van der Waals surface area contributed by atoms with Crippen LogP contribution < -0.4 is 10.4 Å². The van der Waals surface area contributed by atoms with E-state index in [2.05, 4.69) is 9.84 Å². The van der Waals surface area contributed by atoms with Crippen molar-refractivity contribution < 1.29 is 22.3 Å². The number of alkyl halides is 7. The largest absolute Gasteiger partial charge is 0.461 e. The molecule has 0 radical (unpaired) electrons. The zero-order chi connectivity index (χ0) is 18.1. The number of benzene rings is 1. The molecule has 132 valence electrons. The smallest absolute Gasteiger partial charge is 0.428 e. The van der Waals surface area contributed by atoms with Crippen LogP contribution in [-0.2, 0) is 0 Å². The Kier molecular flexibility index (Phi) is 5.63. The summed E-state index contributed by atoms with van der Waals surface area (Å²) < 4.78 is 54.0. The van der Waals surface area contributed by atoms with E-state index in [-0.39, 0.29) is 5.69 Å². The first-order valence-electron chi connectivity index (χ1n) is 5.88. The first kappa shape index (κ1) is 19.2. The predicted octanol–water partition coefficient (Wildman–Crippen LogP) is 4.09. The van der Waals surface area contributed by atoms with Gasteiger partial charge in [0, 0.05) is 18.0 Å². The van der Waals surface area contributed by atoms with Crippen LogP contribution in [0.4, 0.5) is 17.6 Å². The summed E-state index contributed by atoms with van der Waals surface area (Å²) in [4.78, 5) is 12.1. The van der Waals surface area contributed by atoms with Gasteiger partial charge in [-0.05, 0) is 12.1 Å². The molecule has 0 fully saturated rings. The van der Waals surface area contributed by atoms with Crippen LogP contribution in [0.5, 0.6) is 5.75 Å². The highest BCUT2D eigenvalue weighted by Crippen LogP contribution is 2.38. The van der Waals surface area contributed by atoms with Gasteiger partial charge in [0.15, 0.2) is 0 Å². The molecule has 13 heteroatoms. The molecule has 0 spiro atoms. The molecule has 2 rings (SSSR count). The van der Waals surface area contributed by atoms with Gasteiger partial charge in [-0.15, -0.1) is 9.19 Å². The van der Waals surface area contributed by atoms with E-state index in [9.17, 15) is 22.4 Å². The van der Waals surface area contributed by atoms with E-state index in [1.165, 1.54) is 12.1 Å². The fourth-order valence-electron chi connectivity index (χ4n) is 1.53. The minimum atomic E-state index is -4.67.